The highest BCUT2D eigenvalue weighted by Crippen LogP contribution is 2.32. The van der Waals surface area contributed by atoms with Crippen LogP contribution in [0.3, 0.4) is 0 Å². The number of piperidine rings is 1. The Kier molecular flexibility index (Phi) is 3.43. The van der Waals surface area contributed by atoms with E-state index < -0.39 is 0 Å². The van der Waals surface area contributed by atoms with Gasteiger partial charge in [-0.2, -0.15) is 0 Å². The molecule has 17 heavy (non-hydrogen) atoms. The van der Waals surface area contributed by atoms with Gasteiger partial charge in [-0.25, -0.2) is 0 Å². The van der Waals surface area contributed by atoms with Crippen molar-refractivity contribution in [1.29, 1.82) is 0 Å². The standard InChI is InChI=1S/C15H23NO/c1-12(17)13-4-6-14(7-5-13)16-10-8-15(2,3)9-11-16/h4-7,12,17H,8-11H2,1-3H3/t12-/m1/s1. The molecule has 0 radical (unpaired) electrons. The Hall–Kier alpha value is -1.02. The van der Waals surface area contributed by atoms with Crippen LogP contribution in [0.25, 0.3) is 0 Å². The molecule has 0 bridgehead atoms. The maximum absolute atomic E-state index is 9.48. The van der Waals surface area contributed by atoms with E-state index in [4.69, 9.17) is 0 Å². The van der Waals surface area contributed by atoms with Crippen molar-refractivity contribution < 1.29 is 5.11 Å². The van der Waals surface area contributed by atoms with Crippen LogP contribution in [0.5, 0.6) is 0 Å². The summed E-state index contributed by atoms with van der Waals surface area (Å²) in [5, 5.41) is 9.48. The molecule has 0 saturated carbocycles. The third-order valence-corrected chi connectivity index (χ3v) is 3.86. The molecule has 1 atom stereocenters. The molecule has 1 saturated heterocycles. The lowest BCUT2D eigenvalue weighted by Gasteiger charge is -2.38. The Morgan fingerprint density at radius 2 is 1.65 bits per heavy atom. The highest BCUT2D eigenvalue weighted by Gasteiger charge is 2.25. The molecule has 1 aromatic carbocycles. The minimum Gasteiger partial charge on any atom is -0.389 e. The average Bonchev–Trinajstić information content (AvgIpc) is 2.29. The van der Waals surface area contributed by atoms with Gasteiger partial charge in [-0.1, -0.05) is 26.0 Å². The summed E-state index contributed by atoms with van der Waals surface area (Å²) in [6, 6.07) is 8.31. The highest BCUT2D eigenvalue weighted by atomic mass is 16.3. The van der Waals surface area contributed by atoms with E-state index in [1.165, 1.54) is 18.5 Å². The lowest BCUT2D eigenvalue weighted by Crippen LogP contribution is -2.37. The summed E-state index contributed by atoms with van der Waals surface area (Å²) in [4.78, 5) is 2.44. The summed E-state index contributed by atoms with van der Waals surface area (Å²) < 4.78 is 0. The van der Waals surface area contributed by atoms with Gasteiger partial charge in [0, 0.05) is 18.8 Å². The molecule has 1 aromatic rings. The molecule has 1 heterocycles. The van der Waals surface area contributed by atoms with Gasteiger partial charge in [0.15, 0.2) is 0 Å². The van der Waals surface area contributed by atoms with Gasteiger partial charge >= 0.3 is 0 Å². The number of nitrogens with zero attached hydrogens (tertiary/aromatic N) is 1. The molecule has 1 aliphatic heterocycles. The molecule has 94 valence electrons. The smallest absolute Gasteiger partial charge is 0.0761 e. The predicted octanol–water partition coefficient (Wildman–Crippen LogP) is 3.37. The van der Waals surface area contributed by atoms with E-state index >= 15 is 0 Å². The molecule has 2 rings (SSSR count). The average molecular weight is 233 g/mol. The van der Waals surface area contributed by atoms with E-state index in [0.29, 0.717) is 5.41 Å². The first-order valence-electron chi connectivity index (χ1n) is 6.51. The van der Waals surface area contributed by atoms with Crippen molar-refractivity contribution in [2.24, 2.45) is 5.41 Å². The molecule has 1 fully saturated rings. The zero-order valence-corrected chi connectivity index (χ0v) is 11.1. The molecule has 1 aliphatic rings. The fourth-order valence-electron chi connectivity index (χ4n) is 2.33. The van der Waals surface area contributed by atoms with Gasteiger partial charge in [-0.3, -0.25) is 0 Å². The molecular formula is C15H23NO. The van der Waals surface area contributed by atoms with E-state index in [1.807, 2.05) is 12.1 Å². The van der Waals surface area contributed by atoms with Crippen LogP contribution in [-0.4, -0.2) is 18.2 Å². The molecule has 0 spiro atoms. The normalized spacial score (nSPS) is 21.3. The monoisotopic (exact) mass is 233 g/mol. The van der Waals surface area contributed by atoms with Crippen molar-refractivity contribution in [3.63, 3.8) is 0 Å². The van der Waals surface area contributed by atoms with Crippen LogP contribution in [0, 0.1) is 5.41 Å². The van der Waals surface area contributed by atoms with Gasteiger partial charge < -0.3 is 10.0 Å². The van der Waals surface area contributed by atoms with Crippen LogP contribution >= 0.6 is 0 Å². The quantitative estimate of drug-likeness (QED) is 0.846. The first kappa shape index (κ1) is 12.4. The number of aliphatic hydroxyl groups is 1. The van der Waals surface area contributed by atoms with Crippen LogP contribution in [-0.2, 0) is 0 Å². The topological polar surface area (TPSA) is 23.5 Å². The summed E-state index contributed by atoms with van der Waals surface area (Å²) >= 11 is 0. The third kappa shape index (κ3) is 3.01. The van der Waals surface area contributed by atoms with Crippen LogP contribution in [0.4, 0.5) is 5.69 Å². The number of hydrogen-bond donors (Lipinski definition) is 1. The van der Waals surface area contributed by atoms with Crippen molar-refractivity contribution in [2.45, 2.75) is 39.7 Å². The van der Waals surface area contributed by atoms with Crippen molar-refractivity contribution in [3.8, 4) is 0 Å². The maximum Gasteiger partial charge on any atom is 0.0761 e. The number of hydrogen-bond acceptors (Lipinski definition) is 2. The maximum atomic E-state index is 9.48. The first-order valence-corrected chi connectivity index (χ1v) is 6.51. The molecule has 0 aromatic heterocycles. The number of benzene rings is 1. The summed E-state index contributed by atoms with van der Waals surface area (Å²) in [5.74, 6) is 0. The molecule has 2 heteroatoms. The number of rotatable bonds is 2. The van der Waals surface area contributed by atoms with E-state index in [1.54, 1.807) is 6.92 Å². The van der Waals surface area contributed by atoms with Gasteiger partial charge in [0.25, 0.3) is 0 Å². The van der Waals surface area contributed by atoms with Gasteiger partial charge in [0.2, 0.25) is 0 Å². The minimum atomic E-state index is -0.371. The van der Waals surface area contributed by atoms with Crippen LogP contribution < -0.4 is 4.90 Å². The van der Waals surface area contributed by atoms with Gasteiger partial charge in [0.1, 0.15) is 0 Å². The van der Waals surface area contributed by atoms with E-state index in [9.17, 15) is 5.11 Å². The minimum absolute atomic E-state index is 0.371. The Morgan fingerprint density at radius 3 is 2.12 bits per heavy atom. The second kappa shape index (κ2) is 4.69. The SMILES string of the molecule is C[C@@H](O)c1ccc(N2CCC(C)(C)CC2)cc1. The number of anilines is 1. The highest BCUT2D eigenvalue weighted by molar-refractivity contribution is 5.48. The number of aliphatic hydroxyl groups excluding tert-OH is 1. The Labute approximate surface area is 104 Å². The summed E-state index contributed by atoms with van der Waals surface area (Å²) in [6.45, 7) is 8.78. The molecular weight excluding hydrogens is 210 g/mol. The molecule has 2 nitrogen and oxygen atoms in total. The van der Waals surface area contributed by atoms with E-state index in [-0.39, 0.29) is 6.10 Å². The fourth-order valence-corrected chi connectivity index (χ4v) is 2.33. The summed E-state index contributed by atoms with van der Waals surface area (Å²) in [7, 11) is 0. The van der Waals surface area contributed by atoms with Crippen molar-refractivity contribution in [1.82, 2.24) is 0 Å². The third-order valence-electron chi connectivity index (χ3n) is 3.86. The lowest BCUT2D eigenvalue weighted by atomic mass is 9.82. The zero-order valence-electron chi connectivity index (χ0n) is 11.1. The second-order valence-corrected chi connectivity index (χ2v) is 5.92. The van der Waals surface area contributed by atoms with Gasteiger partial charge in [-0.15, -0.1) is 0 Å². The van der Waals surface area contributed by atoms with Crippen molar-refractivity contribution >= 4 is 5.69 Å². The molecule has 1 N–H and O–H groups in total. The second-order valence-electron chi connectivity index (χ2n) is 5.92. The fraction of sp³-hybridized carbons (Fsp3) is 0.600. The van der Waals surface area contributed by atoms with Crippen molar-refractivity contribution in [2.75, 3.05) is 18.0 Å². The predicted molar refractivity (Wildman–Crippen MR) is 72.3 cm³/mol. The Bertz CT molecular complexity index is 357. The lowest BCUT2D eigenvalue weighted by molar-refractivity contribution is 0.199. The van der Waals surface area contributed by atoms with E-state index in [0.717, 1.165) is 18.7 Å². The molecule has 0 unspecified atom stereocenters. The Morgan fingerprint density at radius 1 is 1.12 bits per heavy atom. The molecule has 0 aliphatic carbocycles. The van der Waals surface area contributed by atoms with Gasteiger partial charge in [0.05, 0.1) is 6.10 Å². The zero-order chi connectivity index (χ0) is 12.5. The summed E-state index contributed by atoms with van der Waals surface area (Å²) in [5.41, 5.74) is 2.77. The van der Waals surface area contributed by atoms with Crippen molar-refractivity contribution in [3.05, 3.63) is 29.8 Å². The van der Waals surface area contributed by atoms with Crippen LogP contribution in [0.2, 0.25) is 0 Å². The largest absolute Gasteiger partial charge is 0.389 e. The van der Waals surface area contributed by atoms with E-state index in [2.05, 4.69) is 30.9 Å². The van der Waals surface area contributed by atoms with Gasteiger partial charge in [-0.05, 0) is 42.9 Å². The Balaban J connectivity index is 2.04. The summed E-state index contributed by atoms with van der Waals surface area (Å²) in [6.07, 6.45) is 2.14. The first-order chi connectivity index (χ1) is 7.98. The van der Waals surface area contributed by atoms with Crippen LogP contribution in [0.15, 0.2) is 24.3 Å². The van der Waals surface area contributed by atoms with Crippen LogP contribution in [0.1, 0.15) is 45.3 Å². The molecule has 0 amide bonds.